The fourth-order valence-electron chi connectivity index (χ4n) is 3.66. The number of hydrogen-bond donors (Lipinski definition) is 1. The summed E-state index contributed by atoms with van der Waals surface area (Å²) in [5.41, 5.74) is 1.69. The molecule has 2 heterocycles. The van der Waals surface area contributed by atoms with Crippen molar-refractivity contribution in [3.05, 3.63) is 63.5 Å². The molecule has 1 aliphatic rings. The van der Waals surface area contributed by atoms with Crippen LogP contribution < -0.4 is 5.32 Å². The van der Waals surface area contributed by atoms with Crippen LogP contribution in [0.4, 0.5) is 5.13 Å². The first-order valence-corrected chi connectivity index (χ1v) is 13.2. The smallest absolute Gasteiger partial charge is 0.257 e. The van der Waals surface area contributed by atoms with Crippen LogP contribution in [0, 0.1) is 0 Å². The predicted octanol–water partition coefficient (Wildman–Crippen LogP) is 5.93. The highest BCUT2D eigenvalue weighted by Gasteiger charge is 2.30. The molecule has 1 aromatic heterocycles. The van der Waals surface area contributed by atoms with Gasteiger partial charge in [-0.1, -0.05) is 29.6 Å². The third-order valence-corrected chi connectivity index (χ3v) is 8.73. The number of rotatable bonds is 5. The summed E-state index contributed by atoms with van der Waals surface area (Å²) in [5.74, 6) is -0.372. The summed E-state index contributed by atoms with van der Waals surface area (Å²) < 4.78 is 27.5. The summed E-state index contributed by atoms with van der Waals surface area (Å²) in [4.78, 5) is 17.2. The number of hydrogen-bond acceptors (Lipinski definition) is 5. The van der Waals surface area contributed by atoms with Gasteiger partial charge in [-0.25, -0.2) is 13.4 Å². The number of nitrogens with zero attached hydrogens (tertiary/aromatic N) is 2. The molecule has 1 saturated heterocycles. The van der Waals surface area contributed by atoms with Crippen LogP contribution in [-0.2, 0) is 10.0 Å². The van der Waals surface area contributed by atoms with Gasteiger partial charge in [-0.3, -0.25) is 10.1 Å². The first-order valence-electron chi connectivity index (χ1n) is 10.1. The molecule has 1 N–H and O–H groups in total. The summed E-state index contributed by atoms with van der Waals surface area (Å²) in [7, 11) is -3.58. The highest BCUT2D eigenvalue weighted by atomic mass is 35.5. The Morgan fingerprint density at radius 2 is 1.91 bits per heavy atom. The number of sulfonamides is 1. The van der Waals surface area contributed by atoms with E-state index in [-0.39, 0.29) is 16.8 Å². The maximum absolute atomic E-state index is 13.0. The standard InChI is InChI=1S/C22H21Cl2N3O3S2/c1-14-4-2-3-11-27(14)32(29,30)17-8-5-15(6-9-17)21(28)26-22-25-20(13-31-22)18-10-7-16(23)12-19(18)24/h5-10,12-14H,2-4,11H2,1H3,(H,25,26,28). The van der Waals surface area contributed by atoms with Gasteiger partial charge in [0, 0.05) is 34.1 Å². The molecule has 10 heteroatoms. The Morgan fingerprint density at radius 1 is 1.16 bits per heavy atom. The Labute approximate surface area is 201 Å². The minimum Gasteiger partial charge on any atom is -0.298 e. The fourth-order valence-corrected chi connectivity index (χ4v) is 6.57. The molecule has 1 atom stereocenters. The summed E-state index contributed by atoms with van der Waals surface area (Å²) in [5, 5.41) is 5.95. The third-order valence-electron chi connectivity index (χ3n) is 5.40. The van der Waals surface area contributed by atoms with E-state index in [0.717, 1.165) is 19.3 Å². The van der Waals surface area contributed by atoms with Crippen molar-refractivity contribution in [2.24, 2.45) is 0 Å². The molecule has 4 rings (SSSR count). The van der Waals surface area contributed by atoms with Gasteiger partial charge in [0.15, 0.2) is 5.13 Å². The van der Waals surface area contributed by atoms with Crippen molar-refractivity contribution in [2.75, 3.05) is 11.9 Å². The van der Waals surface area contributed by atoms with Crippen molar-refractivity contribution < 1.29 is 13.2 Å². The van der Waals surface area contributed by atoms with E-state index in [1.807, 2.05) is 6.92 Å². The van der Waals surface area contributed by atoms with Gasteiger partial charge < -0.3 is 0 Å². The molecule has 2 aromatic carbocycles. The van der Waals surface area contributed by atoms with Crippen LogP contribution in [0.5, 0.6) is 0 Å². The topological polar surface area (TPSA) is 79.4 Å². The molecule has 0 saturated carbocycles. The molecule has 0 aliphatic carbocycles. The zero-order valence-electron chi connectivity index (χ0n) is 17.2. The summed E-state index contributed by atoms with van der Waals surface area (Å²) >= 11 is 13.4. The molecule has 168 valence electrons. The minimum absolute atomic E-state index is 0.0232. The molecule has 1 fully saturated rings. The van der Waals surface area contributed by atoms with Gasteiger partial charge in [-0.05, 0) is 62.2 Å². The van der Waals surface area contributed by atoms with E-state index in [1.54, 1.807) is 27.9 Å². The monoisotopic (exact) mass is 509 g/mol. The maximum Gasteiger partial charge on any atom is 0.257 e. The molecule has 3 aromatic rings. The molecule has 1 amide bonds. The van der Waals surface area contributed by atoms with Crippen molar-refractivity contribution in [3.63, 3.8) is 0 Å². The lowest BCUT2D eigenvalue weighted by Gasteiger charge is -2.32. The van der Waals surface area contributed by atoms with Crippen LogP contribution in [0.1, 0.15) is 36.5 Å². The van der Waals surface area contributed by atoms with Crippen LogP contribution >= 0.6 is 34.5 Å². The van der Waals surface area contributed by atoms with Gasteiger partial charge in [0.2, 0.25) is 10.0 Å². The minimum atomic E-state index is -3.58. The van der Waals surface area contributed by atoms with Crippen molar-refractivity contribution >= 4 is 55.6 Å². The van der Waals surface area contributed by atoms with E-state index in [0.29, 0.717) is 38.5 Å². The van der Waals surface area contributed by atoms with Crippen LogP contribution in [-0.4, -0.2) is 36.2 Å². The van der Waals surface area contributed by atoms with Gasteiger partial charge in [-0.15, -0.1) is 11.3 Å². The first-order chi connectivity index (χ1) is 15.3. The van der Waals surface area contributed by atoms with Crippen molar-refractivity contribution in [3.8, 4) is 11.3 Å². The predicted molar refractivity (Wildman–Crippen MR) is 129 cm³/mol. The van der Waals surface area contributed by atoms with Crippen LogP contribution in [0.2, 0.25) is 10.0 Å². The molecule has 0 radical (unpaired) electrons. The summed E-state index contributed by atoms with van der Waals surface area (Å²) in [6.07, 6.45) is 2.76. The summed E-state index contributed by atoms with van der Waals surface area (Å²) in [6.45, 7) is 2.45. The highest BCUT2D eigenvalue weighted by molar-refractivity contribution is 7.89. The van der Waals surface area contributed by atoms with Gasteiger partial charge in [-0.2, -0.15) is 4.31 Å². The Morgan fingerprint density at radius 3 is 2.59 bits per heavy atom. The second kappa shape index (κ2) is 9.49. The van der Waals surface area contributed by atoms with E-state index < -0.39 is 10.0 Å². The zero-order chi connectivity index (χ0) is 22.9. The lowest BCUT2D eigenvalue weighted by molar-refractivity contribution is 0.102. The van der Waals surface area contributed by atoms with Crippen molar-refractivity contribution in [2.45, 2.75) is 37.1 Å². The van der Waals surface area contributed by atoms with Crippen molar-refractivity contribution in [1.82, 2.24) is 9.29 Å². The second-order valence-corrected chi connectivity index (χ2v) is 11.2. The second-order valence-electron chi connectivity index (χ2n) is 7.60. The number of amides is 1. The molecule has 1 unspecified atom stereocenters. The Bertz CT molecular complexity index is 1240. The molecular formula is C22H21Cl2N3O3S2. The third kappa shape index (κ3) is 4.84. The fraction of sp³-hybridized carbons (Fsp3) is 0.273. The number of piperidine rings is 1. The number of aromatic nitrogens is 1. The largest absolute Gasteiger partial charge is 0.298 e. The summed E-state index contributed by atoms with van der Waals surface area (Å²) in [6, 6.07) is 11.1. The molecule has 0 spiro atoms. The lowest BCUT2D eigenvalue weighted by Crippen LogP contribution is -2.41. The zero-order valence-corrected chi connectivity index (χ0v) is 20.4. The molecule has 6 nitrogen and oxygen atoms in total. The lowest BCUT2D eigenvalue weighted by atomic mass is 10.1. The highest BCUT2D eigenvalue weighted by Crippen LogP contribution is 2.32. The number of anilines is 1. The van der Waals surface area contributed by atoms with Crippen LogP contribution in [0.15, 0.2) is 52.7 Å². The van der Waals surface area contributed by atoms with Crippen LogP contribution in [0.3, 0.4) is 0 Å². The first kappa shape index (κ1) is 23.2. The van der Waals surface area contributed by atoms with Crippen LogP contribution in [0.25, 0.3) is 11.3 Å². The van der Waals surface area contributed by atoms with E-state index in [9.17, 15) is 13.2 Å². The van der Waals surface area contributed by atoms with E-state index in [1.165, 1.54) is 35.6 Å². The Kier molecular flexibility index (Phi) is 6.88. The van der Waals surface area contributed by atoms with E-state index in [4.69, 9.17) is 23.2 Å². The number of thiazole rings is 1. The van der Waals surface area contributed by atoms with E-state index >= 15 is 0 Å². The normalized spacial score (nSPS) is 17.3. The van der Waals surface area contributed by atoms with Crippen molar-refractivity contribution in [1.29, 1.82) is 0 Å². The molecular weight excluding hydrogens is 489 g/mol. The Balaban J connectivity index is 1.47. The number of benzene rings is 2. The number of nitrogens with one attached hydrogen (secondary N) is 1. The molecule has 0 bridgehead atoms. The molecule has 32 heavy (non-hydrogen) atoms. The average molecular weight is 510 g/mol. The SMILES string of the molecule is CC1CCCCN1S(=O)(=O)c1ccc(C(=O)Nc2nc(-c3ccc(Cl)cc3Cl)cs2)cc1. The van der Waals surface area contributed by atoms with Gasteiger partial charge in [0.1, 0.15) is 0 Å². The Hall–Kier alpha value is -1.97. The number of carbonyl (C=O) groups is 1. The van der Waals surface area contributed by atoms with Gasteiger partial charge in [0.25, 0.3) is 5.91 Å². The molecule has 1 aliphatic heterocycles. The number of carbonyl (C=O) groups excluding carboxylic acids is 1. The maximum atomic E-state index is 13.0. The number of halogens is 2. The van der Waals surface area contributed by atoms with Gasteiger partial charge >= 0.3 is 0 Å². The average Bonchev–Trinajstić information content (AvgIpc) is 3.22. The van der Waals surface area contributed by atoms with Gasteiger partial charge in [0.05, 0.1) is 15.6 Å². The quantitative estimate of drug-likeness (QED) is 0.461. The van der Waals surface area contributed by atoms with E-state index in [2.05, 4.69) is 10.3 Å².